The lowest BCUT2D eigenvalue weighted by atomic mass is 9.98. The summed E-state index contributed by atoms with van der Waals surface area (Å²) in [4.78, 5) is 3.07. The highest BCUT2D eigenvalue weighted by atomic mass is 32.1. The fourth-order valence-corrected chi connectivity index (χ4v) is 3.24. The van der Waals surface area contributed by atoms with Crippen molar-refractivity contribution in [2.24, 2.45) is 18.7 Å². The third kappa shape index (κ3) is 2.55. The first-order valence-electron chi connectivity index (χ1n) is 7.07. The highest BCUT2D eigenvalue weighted by Gasteiger charge is 2.23. The summed E-state index contributed by atoms with van der Waals surface area (Å²) < 4.78 is 1.96. The van der Waals surface area contributed by atoms with Crippen molar-refractivity contribution in [2.45, 2.75) is 19.4 Å². The molecule has 3 rings (SSSR count). The largest absolute Gasteiger partial charge is 0.393 e. The lowest BCUT2D eigenvalue weighted by molar-refractivity contribution is 0.195. The molecule has 0 bridgehead atoms. The first-order valence-corrected chi connectivity index (χ1v) is 7.48. The zero-order chi connectivity index (χ0) is 14.1. The summed E-state index contributed by atoms with van der Waals surface area (Å²) in [5.74, 6) is 0.355. The second-order valence-corrected chi connectivity index (χ2v) is 6.04. The van der Waals surface area contributed by atoms with Gasteiger partial charge in [0.25, 0.3) is 0 Å². The van der Waals surface area contributed by atoms with Crippen molar-refractivity contribution < 1.29 is 0 Å². The van der Waals surface area contributed by atoms with Gasteiger partial charge in [-0.1, -0.05) is 30.4 Å². The van der Waals surface area contributed by atoms with Crippen molar-refractivity contribution in [1.82, 2.24) is 14.7 Å². The van der Waals surface area contributed by atoms with Crippen LogP contribution in [-0.4, -0.2) is 32.8 Å². The first-order chi connectivity index (χ1) is 9.65. The SMILES string of the molecule is Cn1nc(CN2CCCC(C(N)=S)C2)c2ccccc21. The molecule has 1 aromatic carbocycles. The Kier molecular flexibility index (Phi) is 3.72. The molecule has 1 atom stereocenters. The summed E-state index contributed by atoms with van der Waals surface area (Å²) in [6.07, 6.45) is 2.28. The van der Waals surface area contributed by atoms with E-state index in [0.717, 1.165) is 38.2 Å². The molecule has 0 radical (unpaired) electrons. The van der Waals surface area contributed by atoms with Crippen LogP contribution < -0.4 is 5.73 Å². The Labute approximate surface area is 124 Å². The Morgan fingerprint density at radius 3 is 3.05 bits per heavy atom. The number of likely N-dealkylation sites (tertiary alicyclic amines) is 1. The Morgan fingerprint density at radius 2 is 2.25 bits per heavy atom. The molecule has 2 N–H and O–H groups in total. The molecule has 2 heterocycles. The number of nitrogens with two attached hydrogens (primary N) is 1. The number of rotatable bonds is 3. The number of nitrogens with zero attached hydrogens (tertiary/aromatic N) is 3. The van der Waals surface area contributed by atoms with Crippen molar-refractivity contribution in [3.8, 4) is 0 Å². The number of aryl methyl sites for hydroxylation is 1. The van der Waals surface area contributed by atoms with Gasteiger partial charge in [-0.25, -0.2) is 0 Å². The number of benzene rings is 1. The zero-order valence-electron chi connectivity index (χ0n) is 11.7. The Hall–Kier alpha value is -1.46. The van der Waals surface area contributed by atoms with Crippen LogP contribution >= 0.6 is 12.2 Å². The molecule has 1 aliphatic heterocycles. The molecule has 4 nitrogen and oxygen atoms in total. The van der Waals surface area contributed by atoms with Gasteiger partial charge in [-0.15, -0.1) is 0 Å². The van der Waals surface area contributed by atoms with Crippen LogP contribution in [0.1, 0.15) is 18.5 Å². The normalized spacial score (nSPS) is 20.4. The fourth-order valence-electron chi connectivity index (χ4n) is 3.05. The van der Waals surface area contributed by atoms with Gasteiger partial charge in [0.15, 0.2) is 0 Å². The van der Waals surface area contributed by atoms with E-state index in [1.807, 2.05) is 11.7 Å². The summed E-state index contributed by atoms with van der Waals surface area (Å²) >= 11 is 5.15. The smallest absolute Gasteiger partial charge is 0.0843 e. The van der Waals surface area contributed by atoms with Gasteiger partial charge in [0.1, 0.15) is 0 Å². The molecular weight excluding hydrogens is 268 g/mol. The molecule has 0 spiro atoms. The number of aromatic nitrogens is 2. The van der Waals surface area contributed by atoms with Gasteiger partial charge < -0.3 is 5.73 Å². The minimum atomic E-state index is 0.355. The van der Waals surface area contributed by atoms with Gasteiger partial charge in [-0.05, 0) is 25.5 Å². The van der Waals surface area contributed by atoms with Gasteiger partial charge in [0, 0.05) is 31.4 Å². The van der Waals surface area contributed by atoms with E-state index < -0.39 is 0 Å². The highest BCUT2D eigenvalue weighted by Crippen LogP contribution is 2.22. The molecule has 20 heavy (non-hydrogen) atoms. The Bertz CT molecular complexity index is 634. The van der Waals surface area contributed by atoms with Crippen LogP contribution in [-0.2, 0) is 13.6 Å². The van der Waals surface area contributed by atoms with Crippen molar-refractivity contribution in [3.05, 3.63) is 30.0 Å². The number of fused-ring (bicyclic) bond motifs is 1. The van der Waals surface area contributed by atoms with Crippen LogP contribution in [0.25, 0.3) is 10.9 Å². The summed E-state index contributed by atoms with van der Waals surface area (Å²) in [6, 6.07) is 8.38. The van der Waals surface area contributed by atoms with E-state index >= 15 is 0 Å². The average Bonchev–Trinajstić information content (AvgIpc) is 2.76. The molecule has 1 fully saturated rings. The van der Waals surface area contributed by atoms with Crippen LogP contribution in [0.15, 0.2) is 24.3 Å². The molecule has 1 aromatic heterocycles. The van der Waals surface area contributed by atoms with Gasteiger partial charge in [-0.2, -0.15) is 5.10 Å². The van der Waals surface area contributed by atoms with Crippen LogP contribution in [0.2, 0.25) is 0 Å². The van der Waals surface area contributed by atoms with E-state index in [1.54, 1.807) is 0 Å². The zero-order valence-corrected chi connectivity index (χ0v) is 12.6. The molecule has 0 aliphatic carbocycles. The number of hydrogen-bond acceptors (Lipinski definition) is 3. The van der Waals surface area contributed by atoms with Crippen LogP contribution in [0.3, 0.4) is 0 Å². The van der Waals surface area contributed by atoms with Crippen LogP contribution in [0.4, 0.5) is 0 Å². The van der Waals surface area contributed by atoms with Gasteiger partial charge in [0.2, 0.25) is 0 Å². The number of piperidine rings is 1. The summed E-state index contributed by atoms with van der Waals surface area (Å²) in [6.45, 7) is 2.94. The molecule has 0 amide bonds. The highest BCUT2D eigenvalue weighted by molar-refractivity contribution is 7.80. The number of thiocarbonyl (C=S) groups is 1. The molecule has 0 saturated carbocycles. The first kappa shape index (κ1) is 13.5. The molecule has 1 aliphatic rings. The quantitative estimate of drug-likeness (QED) is 0.878. The van der Waals surface area contributed by atoms with Gasteiger partial charge >= 0.3 is 0 Å². The summed E-state index contributed by atoms with van der Waals surface area (Å²) in [7, 11) is 2.00. The van der Waals surface area contributed by atoms with E-state index in [-0.39, 0.29) is 0 Å². The predicted molar refractivity (Wildman–Crippen MR) is 85.5 cm³/mol. The predicted octanol–water partition coefficient (Wildman–Crippen LogP) is 2.07. The van der Waals surface area contributed by atoms with Crippen molar-refractivity contribution in [1.29, 1.82) is 0 Å². The van der Waals surface area contributed by atoms with Crippen LogP contribution in [0, 0.1) is 5.92 Å². The number of hydrogen-bond donors (Lipinski definition) is 1. The maximum absolute atomic E-state index is 5.80. The maximum Gasteiger partial charge on any atom is 0.0843 e. The minimum Gasteiger partial charge on any atom is -0.393 e. The van der Waals surface area contributed by atoms with E-state index in [0.29, 0.717) is 10.9 Å². The molecule has 1 unspecified atom stereocenters. The molecule has 2 aromatic rings. The monoisotopic (exact) mass is 288 g/mol. The fraction of sp³-hybridized carbons (Fsp3) is 0.467. The van der Waals surface area contributed by atoms with Crippen LogP contribution in [0.5, 0.6) is 0 Å². The van der Waals surface area contributed by atoms with E-state index in [2.05, 4.69) is 34.3 Å². The maximum atomic E-state index is 5.80. The van der Waals surface area contributed by atoms with E-state index in [4.69, 9.17) is 18.0 Å². The Morgan fingerprint density at radius 1 is 1.45 bits per heavy atom. The summed E-state index contributed by atoms with van der Waals surface area (Å²) in [5.41, 5.74) is 8.13. The van der Waals surface area contributed by atoms with Gasteiger partial charge in [-0.3, -0.25) is 9.58 Å². The molecular formula is C15H20N4S. The van der Waals surface area contributed by atoms with E-state index in [9.17, 15) is 0 Å². The minimum absolute atomic E-state index is 0.355. The third-order valence-electron chi connectivity index (χ3n) is 4.12. The van der Waals surface area contributed by atoms with Crippen molar-refractivity contribution in [3.63, 3.8) is 0 Å². The topological polar surface area (TPSA) is 47.1 Å². The van der Waals surface area contributed by atoms with Crippen molar-refractivity contribution >= 4 is 28.1 Å². The average molecular weight is 288 g/mol. The molecule has 1 saturated heterocycles. The second kappa shape index (κ2) is 5.50. The van der Waals surface area contributed by atoms with Crippen molar-refractivity contribution in [2.75, 3.05) is 13.1 Å². The standard InChI is InChI=1S/C15H20N4S/c1-18-14-7-3-2-6-12(14)13(17-18)10-19-8-4-5-11(9-19)15(16)20/h2-3,6-7,11H,4-5,8-10H2,1H3,(H2,16,20). The Balaban J connectivity index is 1.81. The van der Waals surface area contributed by atoms with E-state index in [1.165, 1.54) is 10.9 Å². The lowest BCUT2D eigenvalue weighted by Gasteiger charge is -2.31. The van der Waals surface area contributed by atoms with Gasteiger partial charge in [0.05, 0.1) is 16.2 Å². The second-order valence-electron chi connectivity index (χ2n) is 5.56. The molecule has 106 valence electrons. The summed E-state index contributed by atoms with van der Waals surface area (Å²) in [5, 5.41) is 5.91. The third-order valence-corrected chi connectivity index (χ3v) is 4.45. The number of para-hydroxylation sites is 1. The molecule has 5 heteroatoms. The lowest BCUT2D eigenvalue weighted by Crippen LogP contribution is -2.40.